The van der Waals surface area contributed by atoms with Gasteiger partial charge < -0.3 is 28.4 Å². The lowest BCUT2D eigenvalue weighted by molar-refractivity contribution is -0.00518. The number of hydrogen-bond acceptors (Lipinski definition) is 3. The Morgan fingerprint density at radius 3 is 1.17 bits per heavy atom. The van der Waals surface area contributed by atoms with Gasteiger partial charge in [0.05, 0.1) is 50.2 Å². The Morgan fingerprint density at radius 1 is 0.197 bits per heavy atom. The summed E-state index contributed by atoms with van der Waals surface area (Å²) in [7, 11) is 0. The van der Waals surface area contributed by atoms with Crippen LogP contribution in [0.2, 0.25) is 0 Å². The molecule has 4 saturated carbocycles. The van der Waals surface area contributed by atoms with Crippen molar-refractivity contribution in [1.82, 2.24) is 13.7 Å². The lowest BCUT2D eigenvalue weighted by Gasteiger charge is -2.57. The van der Waals surface area contributed by atoms with E-state index in [1.807, 2.05) is 0 Å². The zero-order chi connectivity index (χ0) is 87.2. The SMILES string of the molecule is c1ccc(-c2ccc(-n3c4ccccc4c4c5c(N(c6ccccc6)c6ccc(C78CC9CC(CC(C9)C7)C8)cc6)cccc5ccc43)cc2)cc1.c1ccc(N(c2ccc3ccccc3c2)c2ccc3c(c2)c2c4ccccc4ccc2n3-c2ccccc2)cc1.c1ccc(N(c2ccccc2)c2cccc3c2c2c4ccccc4ccc2n3-c2cccc3ccccc23)cc1. The smallest absolute Gasteiger partial charge is 0.0562 e. The van der Waals surface area contributed by atoms with Gasteiger partial charge in [0.1, 0.15) is 0 Å². The van der Waals surface area contributed by atoms with Crippen LogP contribution >= 0.6 is 0 Å². The molecule has 4 aliphatic rings. The van der Waals surface area contributed by atoms with Crippen molar-refractivity contribution in [3.05, 3.63) is 485 Å². The first kappa shape index (κ1) is 78.0. The highest BCUT2D eigenvalue weighted by atomic mass is 15.2. The third-order valence-corrected chi connectivity index (χ3v) is 28.8. The van der Waals surface area contributed by atoms with Crippen molar-refractivity contribution in [2.24, 2.45) is 17.8 Å². The Labute approximate surface area is 768 Å². The largest absolute Gasteiger partial charge is 0.310 e. The Hall–Kier alpha value is -16.3. The normalized spacial score (nSPS) is 15.7. The van der Waals surface area contributed by atoms with E-state index in [0.717, 1.165) is 51.9 Å². The zero-order valence-corrected chi connectivity index (χ0v) is 73.3. The molecule has 21 aromatic carbocycles. The maximum Gasteiger partial charge on any atom is 0.0562 e. The molecular weight excluding hydrogens is 1600 g/mol. The van der Waals surface area contributed by atoms with E-state index in [4.69, 9.17) is 0 Å². The van der Waals surface area contributed by atoms with Crippen molar-refractivity contribution in [2.75, 3.05) is 14.7 Å². The van der Waals surface area contributed by atoms with Gasteiger partial charge in [0.15, 0.2) is 0 Å². The maximum atomic E-state index is 2.49. The summed E-state index contributed by atoms with van der Waals surface area (Å²) in [5.41, 5.74) is 25.6. The highest BCUT2D eigenvalue weighted by Crippen LogP contribution is 2.61. The average molecular weight is 1690 g/mol. The summed E-state index contributed by atoms with van der Waals surface area (Å²) >= 11 is 0. The van der Waals surface area contributed by atoms with Gasteiger partial charge in [-0.2, -0.15) is 0 Å². The van der Waals surface area contributed by atoms with Gasteiger partial charge in [-0.1, -0.05) is 315 Å². The number of hydrogen-bond donors (Lipinski definition) is 0. The van der Waals surface area contributed by atoms with Gasteiger partial charge in [0.25, 0.3) is 0 Å². The van der Waals surface area contributed by atoms with Crippen LogP contribution in [0.4, 0.5) is 51.2 Å². The second-order valence-corrected chi connectivity index (χ2v) is 36.5. The fourth-order valence-corrected chi connectivity index (χ4v) is 23.5. The molecule has 0 N–H and O–H groups in total. The summed E-state index contributed by atoms with van der Waals surface area (Å²) < 4.78 is 7.30. The molecule has 0 amide bonds. The fraction of sp³-hybridized carbons (Fsp3) is 0.0794. The minimum absolute atomic E-state index is 0.386. The number of nitrogens with zero attached hydrogens (tertiary/aromatic N) is 6. The van der Waals surface area contributed by atoms with Crippen molar-refractivity contribution >= 4 is 170 Å². The summed E-state index contributed by atoms with van der Waals surface area (Å²) in [6.07, 6.45) is 8.60. The molecule has 0 saturated heterocycles. The molecule has 0 aliphatic heterocycles. The molecule has 0 atom stereocenters. The van der Waals surface area contributed by atoms with Gasteiger partial charge in [-0.05, 0) is 285 Å². The first-order valence-electron chi connectivity index (χ1n) is 46.7. The van der Waals surface area contributed by atoms with Crippen LogP contribution in [0.3, 0.4) is 0 Å². The molecular formula is C126H94N6. The Kier molecular flexibility index (Phi) is 19.4. The van der Waals surface area contributed by atoms with E-state index in [9.17, 15) is 0 Å². The molecule has 3 heterocycles. The number of rotatable bonds is 14. The molecule has 0 unspecified atom stereocenters. The van der Waals surface area contributed by atoms with Crippen LogP contribution in [0.1, 0.15) is 44.1 Å². The van der Waals surface area contributed by atoms with Crippen molar-refractivity contribution in [1.29, 1.82) is 0 Å². The standard InChI is InChI=1S/C50H42N2.2C38H26N2/c1-3-10-37(11-4-1)38-18-23-43(24-19-38)52-45-16-8-7-15-44(45)49-47(52)27-20-39-12-9-17-46(48(39)49)51(41-13-5-2-6-14-41)42-25-21-40(22-26-42)50-31-34-28-35(32-50)30-36(29-34)33-50;1-3-16-29(17-4-1)39(30-18-5-2-6-19-30)34-23-12-24-35-38(34)37-32-21-10-8-14-28(32)25-26-36(37)40(35)33-22-11-15-27-13-7-9-20-31(27)33;1-3-14-30(15-4-1)39(32-21-19-27-11-7-8-13-29(27)25-32)33-22-24-36-35(26-33)38-34-18-10-9-12-28(34)20-23-37(38)40(36)31-16-5-2-6-17-31/h1-27,34-36H,28-33H2;2*1-26H. The zero-order valence-electron chi connectivity index (χ0n) is 73.3. The van der Waals surface area contributed by atoms with Crippen LogP contribution in [0, 0.1) is 17.8 Å². The molecule has 0 spiro atoms. The third-order valence-electron chi connectivity index (χ3n) is 28.8. The molecule has 628 valence electrons. The molecule has 28 rings (SSSR count). The predicted octanol–water partition coefficient (Wildman–Crippen LogP) is 34.7. The third kappa shape index (κ3) is 13.5. The highest BCUT2D eigenvalue weighted by Gasteiger charge is 2.51. The first-order valence-corrected chi connectivity index (χ1v) is 46.7. The summed E-state index contributed by atoms with van der Waals surface area (Å²) in [5.74, 6) is 2.82. The minimum Gasteiger partial charge on any atom is -0.310 e. The Bertz CT molecular complexity index is 8390. The van der Waals surface area contributed by atoms with Crippen molar-refractivity contribution in [3.63, 3.8) is 0 Å². The number of anilines is 9. The molecule has 4 fully saturated rings. The van der Waals surface area contributed by atoms with E-state index in [0.29, 0.717) is 5.41 Å². The van der Waals surface area contributed by atoms with Crippen LogP contribution in [-0.2, 0) is 5.41 Å². The molecule has 0 radical (unpaired) electrons. The van der Waals surface area contributed by atoms with Crippen molar-refractivity contribution in [2.45, 2.75) is 43.9 Å². The number of aromatic nitrogens is 3. The topological polar surface area (TPSA) is 24.5 Å². The van der Waals surface area contributed by atoms with Crippen LogP contribution in [-0.4, -0.2) is 13.7 Å². The molecule has 4 aliphatic carbocycles. The van der Waals surface area contributed by atoms with Gasteiger partial charge in [-0.3, -0.25) is 0 Å². The minimum atomic E-state index is 0.386. The van der Waals surface area contributed by atoms with E-state index in [1.165, 1.54) is 203 Å². The summed E-state index contributed by atoms with van der Waals surface area (Å²) in [6, 6.07) is 174. The second kappa shape index (κ2) is 32.8. The number of para-hydroxylation sites is 6. The lowest BCUT2D eigenvalue weighted by Crippen LogP contribution is -2.48. The van der Waals surface area contributed by atoms with E-state index in [2.05, 4.69) is 508 Å². The molecule has 3 aromatic heterocycles. The molecule has 24 aromatic rings. The number of benzene rings is 21. The number of fused-ring (bicyclic) bond motifs is 17. The van der Waals surface area contributed by atoms with Gasteiger partial charge >= 0.3 is 0 Å². The lowest BCUT2D eigenvalue weighted by atomic mass is 9.48. The predicted molar refractivity (Wildman–Crippen MR) is 559 cm³/mol. The van der Waals surface area contributed by atoms with Crippen LogP contribution in [0.15, 0.2) is 479 Å². The second-order valence-electron chi connectivity index (χ2n) is 36.5. The van der Waals surface area contributed by atoms with E-state index < -0.39 is 0 Å². The average Bonchev–Trinajstić information content (AvgIpc) is 1.35. The van der Waals surface area contributed by atoms with Crippen LogP contribution in [0.5, 0.6) is 0 Å². The van der Waals surface area contributed by atoms with Gasteiger partial charge in [0, 0.05) is 94.3 Å². The molecule has 4 bridgehead atoms. The Morgan fingerprint density at radius 2 is 0.561 bits per heavy atom. The fourth-order valence-electron chi connectivity index (χ4n) is 23.5. The highest BCUT2D eigenvalue weighted by molar-refractivity contribution is 6.28. The first-order chi connectivity index (χ1) is 65.4. The maximum absolute atomic E-state index is 2.49. The van der Waals surface area contributed by atoms with E-state index >= 15 is 0 Å². The van der Waals surface area contributed by atoms with Gasteiger partial charge in [-0.25, -0.2) is 0 Å². The Balaban J connectivity index is 0.000000108. The molecule has 6 nitrogen and oxygen atoms in total. The van der Waals surface area contributed by atoms with Gasteiger partial charge in [-0.15, -0.1) is 0 Å². The quantitative estimate of drug-likeness (QED) is 0.108. The molecule has 132 heavy (non-hydrogen) atoms. The van der Waals surface area contributed by atoms with Crippen LogP contribution < -0.4 is 14.7 Å². The van der Waals surface area contributed by atoms with Crippen molar-refractivity contribution in [3.8, 4) is 28.2 Å². The summed E-state index contributed by atoms with van der Waals surface area (Å²) in [5, 5.41) is 20.1. The van der Waals surface area contributed by atoms with Crippen molar-refractivity contribution < 1.29 is 0 Å². The summed E-state index contributed by atoms with van der Waals surface area (Å²) in [6.45, 7) is 0. The van der Waals surface area contributed by atoms with E-state index in [-0.39, 0.29) is 0 Å². The van der Waals surface area contributed by atoms with Gasteiger partial charge in [0.2, 0.25) is 0 Å². The monoisotopic (exact) mass is 1690 g/mol. The molecule has 6 heteroatoms. The van der Waals surface area contributed by atoms with E-state index in [1.54, 1.807) is 5.56 Å². The summed E-state index contributed by atoms with van der Waals surface area (Å²) in [4.78, 5) is 7.24. The van der Waals surface area contributed by atoms with Crippen LogP contribution in [0.25, 0.3) is 147 Å².